The number of amides is 2. The summed E-state index contributed by atoms with van der Waals surface area (Å²) in [6.45, 7) is 5.06. The van der Waals surface area contributed by atoms with Crippen molar-refractivity contribution in [1.82, 2.24) is 13.9 Å². The van der Waals surface area contributed by atoms with Crippen molar-refractivity contribution in [3.8, 4) is 0 Å². The fourth-order valence-electron chi connectivity index (χ4n) is 6.29. The van der Waals surface area contributed by atoms with Gasteiger partial charge >= 0.3 is 0 Å². The average Bonchev–Trinajstić information content (AvgIpc) is 3.34. The SMILES string of the molecule is CC(C)(C)[S@+]([O-])N[C@@H](Cc1cc(F)c(F)cc1F)C1CC2CCC(C1)N2S(=O)(=O)CCN1C(=O)c2ccccc2C1=O. The van der Waals surface area contributed by atoms with Crippen LogP contribution in [0.3, 0.4) is 0 Å². The summed E-state index contributed by atoms with van der Waals surface area (Å²) in [4.78, 5) is 26.4. The second kappa shape index (κ2) is 11.6. The predicted molar refractivity (Wildman–Crippen MR) is 152 cm³/mol. The van der Waals surface area contributed by atoms with Crippen molar-refractivity contribution < 1.29 is 35.7 Å². The second-order valence-electron chi connectivity index (χ2n) is 12.2. The van der Waals surface area contributed by atoms with Crippen molar-refractivity contribution >= 4 is 33.2 Å². The van der Waals surface area contributed by atoms with Crippen LogP contribution in [-0.2, 0) is 27.8 Å². The summed E-state index contributed by atoms with van der Waals surface area (Å²) in [6.07, 6.45) is 1.94. The molecule has 3 aliphatic heterocycles. The Bertz CT molecular complexity index is 1450. The topological polar surface area (TPSA) is 110 Å². The van der Waals surface area contributed by atoms with E-state index in [2.05, 4.69) is 4.72 Å². The molecule has 0 radical (unpaired) electrons. The van der Waals surface area contributed by atoms with Crippen molar-refractivity contribution in [1.29, 1.82) is 0 Å². The quantitative estimate of drug-likeness (QED) is 0.257. The van der Waals surface area contributed by atoms with Gasteiger partial charge in [0.05, 0.1) is 22.9 Å². The molecule has 0 aliphatic carbocycles. The lowest BCUT2D eigenvalue weighted by molar-refractivity contribution is 0.0663. The number of benzene rings is 2. The number of nitrogens with one attached hydrogen (secondary N) is 1. The van der Waals surface area contributed by atoms with E-state index < -0.39 is 67.2 Å². The second-order valence-corrected chi connectivity index (χ2v) is 16.2. The smallest absolute Gasteiger partial charge is 0.261 e. The zero-order valence-electron chi connectivity index (χ0n) is 23.6. The van der Waals surface area contributed by atoms with Crippen molar-refractivity contribution in [2.45, 2.75) is 75.7 Å². The number of sulfonamides is 1. The summed E-state index contributed by atoms with van der Waals surface area (Å²) < 4.78 is 86.3. The largest absolute Gasteiger partial charge is 0.598 e. The summed E-state index contributed by atoms with van der Waals surface area (Å²) in [5.41, 5.74) is 0.453. The van der Waals surface area contributed by atoms with Crippen LogP contribution in [0.5, 0.6) is 0 Å². The number of rotatable bonds is 9. The van der Waals surface area contributed by atoms with E-state index in [-0.39, 0.29) is 47.7 Å². The van der Waals surface area contributed by atoms with E-state index in [1.807, 2.05) is 0 Å². The Hall–Kier alpha value is -2.45. The molecule has 2 unspecified atom stereocenters. The maximum absolute atomic E-state index is 14.6. The first kappa shape index (κ1) is 31.0. The minimum absolute atomic E-state index is 0.0541. The van der Waals surface area contributed by atoms with Crippen LogP contribution in [0.15, 0.2) is 36.4 Å². The zero-order chi connectivity index (χ0) is 30.6. The van der Waals surface area contributed by atoms with Gasteiger partial charge in [-0.15, -0.1) is 4.72 Å². The van der Waals surface area contributed by atoms with Gasteiger partial charge < -0.3 is 4.55 Å². The molecule has 0 saturated carbocycles. The van der Waals surface area contributed by atoms with Crippen molar-refractivity contribution in [2.75, 3.05) is 12.3 Å². The summed E-state index contributed by atoms with van der Waals surface area (Å²) in [6, 6.07) is 6.35. The van der Waals surface area contributed by atoms with E-state index in [1.165, 1.54) is 4.31 Å². The summed E-state index contributed by atoms with van der Waals surface area (Å²) in [5.74, 6) is -5.04. The fraction of sp³-hybridized carbons (Fsp3) is 0.517. The molecule has 2 fully saturated rings. The Balaban J connectivity index is 1.31. The molecule has 8 nitrogen and oxygen atoms in total. The molecule has 1 N–H and O–H groups in total. The predicted octanol–water partition coefficient (Wildman–Crippen LogP) is 3.94. The lowest BCUT2D eigenvalue weighted by Gasteiger charge is -2.41. The Kier molecular flexibility index (Phi) is 8.53. The highest BCUT2D eigenvalue weighted by Gasteiger charge is 2.49. The minimum atomic E-state index is -3.86. The van der Waals surface area contributed by atoms with Crippen LogP contribution in [0.2, 0.25) is 0 Å². The van der Waals surface area contributed by atoms with Gasteiger partial charge in [0, 0.05) is 36.1 Å². The summed E-state index contributed by atoms with van der Waals surface area (Å²) >= 11 is -1.56. The number of hydrogen-bond acceptors (Lipinski definition) is 6. The van der Waals surface area contributed by atoms with Gasteiger partial charge in [-0.25, -0.2) is 21.6 Å². The monoisotopic (exact) mass is 625 g/mol. The van der Waals surface area contributed by atoms with Gasteiger partial charge in [-0.3, -0.25) is 14.5 Å². The van der Waals surface area contributed by atoms with Crippen molar-refractivity contribution in [3.63, 3.8) is 0 Å². The Morgan fingerprint density at radius 2 is 1.52 bits per heavy atom. The molecule has 228 valence electrons. The van der Waals surface area contributed by atoms with Crippen molar-refractivity contribution in [3.05, 3.63) is 70.5 Å². The van der Waals surface area contributed by atoms with Crippen LogP contribution in [0.25, 0.3) is 0 Å². The van der Waals surface area contributed by atoms with Crippen LogP contribution >= 0.6 is 0 Å². The maximum Gasteiger partial charge on any atom is 0.261 e. The van der Waals surface area contributed by atoms with Gasteiger partial charge in [0.1, 0.15) is 10.6 Å². The molecular formula is C29H34F3N3O5S2. The molecule has 3 aliphatic rings. The third-order valence-electron chi connectivity index (χ3n) is 8.39. The molecule has 13 heteroatoms. The number of carbonyl (C=O) groups is 2. The highest BCUT2D eigenvalue weighted by atomic mass is 32.2. The van der Waals surface area contributed by atoms with Crippen LogP contribution < -0.4 is 4.72 Å². The molecule has 2 bridgehead atoms. The van der Waals surface area contributed by atoms with Gasteiger partial charge in [-0.1, -0.05) is 12.1 Å². The Morgan fingerprint density at radius 1 is 0.976 bits per heavy atom. The lowest BCUT2D eigenvalue weighted by atomic mass is 9.83. The average molecular weight is 626 g/mol. The van der Waals surface area contributed by atoms with Gasteiger partial charge in [-0.2, -0.15) is 4.31 Å². The summed E-state index contributed by atoms with van der Waals surface area (Å²) in [5, 5.41) is 0. The van der Waals surface area contributed by atoms with Crippen LogP contribution in [-0.4, -0.2) is 69.2 Å². The highest BCUT2D eigenvalue weighted by molar-refractivity contribution is 7.90. The highest BCUT2D eigenvalue weighted by Crippen LogP contribution is 2.43. The maximum atomic E-state index is 14.6. The van der Waals surface area contributed by atoms with Crippen molar-refractivity contribution in [2.24, 2.45) is 5.92 Å². The number of halogens is 3. The van der Waals surface area contributed by atoms with Gasteiger partial charge in [-0.05, 0) is 82.6 Å². The number of fused-ring (bicyclic) bond motifs is 3. The molecule has 42 heavy (non-hydrogen) atoms. The van der Waals surface area contributed by atoms with Gasteiger partial charge in [0.2, 0.25) is 10.0 Å². The molecule has 2 saturated heterocycles. The minimum Gasteiger partial charge on any atom is -0.598 e. The molecule has 0 aromatic heterocycles. The van der Waals surface area contributed by atoms with E-state index in [9.17, 15) is 35.7 Å². The lowest BCUT2D eigenvalue weighted by Crippen LogP contribution is -2.54. The molecule has 2 aromatic rings. The first-order valence-corrected chi connectivity index (χ1v) is 16.7. The molecule has 5 rings (SSSR count). The number of piperidine rings is 1. The van der Waals surface area contributed by atoms with Crippen LogP contribution in [0.1, 0.15) is 72.7 Å². The molecule has 2 aromatic carbocycles. The molecule has 3 heterocycles. The van der Waals surface area contributed by atoms with Gasteiger partial charge in [0.25, 0.3) is 11.8 Å². The first-order valence-electron chi connectivity index (χ1n) is 13.9. The van der Waals surface area contributed by atoms with Crippen LogP contribution in [0, 0.1) is 23.4 Å². The fourth-order valence-corrected chi connectivity index (χ4v) is 9.11. The standard InChI is InChI=1S/C29H34F3N3O5S2/c1-29(2,3)41(38)33-26(15-17-14-24(31)25(32)16-23(17)30)18-12-19-8-9-20(13-18)35(19)42(39,40)11-10-34-27(36)21-6-4-5-7-22(21)28(34)37/h4-7,14,16,18-20,26,33H,8-13,15H2,1-3H3/t18?,19?,20?,26-,41-/m0/s1. The van der Waals surface area contributed by atoms with E-state index in [0.717, 1.165) is 11.0 Å². The number of imide groups is 1. The van der Waals surface area contributed by atoms with E-state index in [1.54, 1.807) is 45.0 Å². The third-order valence-corrected chi connectivity index (χ3v) is 12.0. The van der Waals surface area contributed by atoms with E-state index in [0.29, 0.717) is 31.7 Å². The first-order chi connectivity index (χ1) is 19.7. The Morgan fingerprint density at radius 3 is 2.07 bits per heavy atom. The number of carbonyl (C=O) groups excluding carboxylic acids is 2. The Labute approximate surface area is 247 Å². The molecule has 0 spiro atoms. The van der Waals surface area contributed by atoms with Gasteiger partial charge in [0.15, 0.2) is 11.6 Å². The molecular weight excluding hydrogens is 591 g/mol. The summed E-state index contributed by atoms with van der Waals surface area (Å²) in [7, 11) is -3.86. The normalized spacial score (nSPS) is 24.3. The zero-order valence-corrected chi connectivity index (χ0v) is 25.2. The number of nitrogens with zero attached hydrogens (tertiary/aromatic N) is 2. The third kappa shape index (κ3) is 5.99. The number of hydrogen-bond donors (Lipinski definition) is 1. The van der Waals surface area contributed by atoms with Crippen LogP contribution in [0.4, 0.5) is 13.2 Å². The molecule has 2 amide bonds. The van der Waals surface area contributed by atoms with E-state index >= 15 is 0 Å². The molecule has 4 atom stereocenters. The van der Waals surface area contributed by atoms with E-state index in [4.69, 9.17) is 0 Å².